The second-order valence-electron chi connectivity index (χ2n) is 4.60. The highest BCUT2D eigenvalue weighted by Crippen LogP contribution is 2.39. The van der Waals surface area contributed by atoms with Crippen LogP contribution in [0.4, 0.5) is 0 Å². The normalized spacial score (nSPS) is 12.5. The molecule has 2 rings (SSSR count). The molecule has 0 aliphatic heterocycles. The van der Waals surface area contributed by atoms with E-state index in [1.54, 1.807) is 24.5 Å². The van der Waals surface area contributed by atoms with Crippen LogP contribution in [0.5, 0.6) is 5.75 Å². The lowest BCUT2D eigenvalue weighted by molar-refractivity contribution is 0.414. The fourth-order valence-corrected chi connectivity index (χ4v) is 4.29. The third-order valence-corrected chi connectivity index (χ3v) is 5.98. The van der Waals surface area contributed by atoms with Gasteiger partial charge in [-0.3, -0.25) is 0 Å². The number of rotatable bonds is 5. The molecule has 0 spiro atoms. The van der Waals surface area contributed by atoms with Crippen molar-refractivity contribution in [3.05, 3.63) is 48.0 Å². The highest BCUT2D eigenvalue weighted by atomic mass is 79.9. The van der Waals surface area contributed by atoms with Gasteiger partial charge in [-0.25, -0.2) is 0 Å². The number of hydrogen-bond donors (Lipinski definition) is 1. The number of aryl methyl sites for hydroxylation is 1. The Kier molecular flexibility index (Phi) is 5.97. The fraction of sp³-hybridized carbons (Fsp3) is 0.333. The Morgan fingerprint density at radius 1 is 1.29 bits per heavy atom. The number of ether oxygens (including phenoxy) is 1. The third kappa shape index (κ3) is 3.74. The van der Waals surface area contributed by atoms with Crippen molar-refractivity contribution >= 4 is 50.5 Å². The summed E-state index contributed by atoms with van der Waals surface area (Å²) in [6.07, 6.45) is 0. The first-order valence-electron chi connectivity index (χ1n) is 6.50. The van der Waals surface area contributed by atoms with E-state index in [1.807, 2.05) is 6.07 Å². The summed E-state index contributed by atoms with van der Waals surface area (Å²) in [6.45, 7) is 4.98. The van der Waals surface area contributed by atoms with Crippen molar-refractivity contribution in [2.45, 2.75) is 19.9 Å². The smallest absolute Gasteiger partial charge is 0.138 e. The Hall–Kier alpha value is -0.260. The van der Waals surface area contributed by atoms with E-state index in [0.29, 0.717) is 15.8 Å². The summed E-state index contributed by atoms with van der Waals surface area (Å²) >= 11 is 18.0. The monoisotopic (exact) mass is 407 g/mol. The van der Waals surface area contributed by atoms with E-state index in [2.05, 4.69) is 41.2 Å². The van der Waals surface area contributed by atoms with Gasteiger partial charge >= 0.3 is 0 Å². The molecular formula is C15H16BrCl2NOS. The van der Waals surface area contributed by atoms with Gasteiger partial charge in [-0.2, -0.15) is 0 Å². The van der Waals surface area contributed by atoms with E-state index in [1.165, 1.54) is 10.4 Å². The van der Waals surface area contributed by atoms with Crippen molar-refractivity contribution < 1.29 is 4.74 Å². The Bertz CT molecular complexity index is 625. The topological polar surface area (TPSA) is 21.3 Å². The molecular weight excluding hydrogens is 393 g/mol. The Labute approximate surface area is 147 Å². The third-order valence-electron chi connectivity index (χ3n) is 3.15. The van der Waals surface area contributed by atoms with Crippen LogP contribution in [0.1, 0.15) is 29.0 Å². The summed E-state index contributed by atoms with van der Waals surface area (Å²) in [7, 11) is 1.58. The maximum absolute atomic E-state index is 6.42. The minimum Gasteiger partial charge on any atom is -0.495 e. The van der Waals surface area contributed by atoms with Crippen LogP contribution in [0.2, 0.25) is 10.0 Å². The van der Waals surface area contributed by atoms with Crippen molar-refractivity contribution in [2.75, 3.05) is 13.7 Å². The van der Waals surface area contributed by atoms with Gasteiger partial charge in [0, 0.05) is 16.0 Å². The quantitative estimate of drug-likeness (QED) is 0.671. The van der Waals surface area contributed by atoms with Crippen LogP contribution in [-0.4, -0.2) is 13.7 Å². The number of methoxy groups -OCH3 is 1. The van der Waals surface area contributed by atoms with Gasteiger partial charge in [-0.15, -0.1) is 11.3 Å². The van der Waals surface area contributed by atoms with Crippen LogP contribution in [-0.2, 0) is 0 Å². The van der Waals surface area contributed by atoms with Crippen LogP contribution in [0.3, 0.4) is 0 Å². The molecule has 1 N–H and O–H groups in total. The zero-order valence-corrected chi connectivity index (χ0v) is 15.9. The molecule has 1 atom stereocenters. The average Bonchev–Trinajstić information content (AvgIpc) is 2.78. The molecule has 0 amide bonds. The van der Waals surface area contributed by atoms with E-state index in [4.69, 9.17) is 27.9 Å². The second kappa shape index (κ2) is 7.34. The molecule has 0 radical (unpaired) electrons. The average molecular weight is 409 g/mol. The van der Waals surface area contributed by atoms with Crippen LogP contribution in [0.15, 0.2) is 22.0 Å². The summed E-state index contributed by atoms with van der Waals surface area (Å²) in [6, 6.07) is 5.81. The van der Waals surface area contributed by atoms with Crippen molar-refractivity contribution in [3.8, 4) is 5.75 Å². The van der Waals surface area contributed by atoms with Gasteiger partial charge in [-0.1, -0.05) is 30.1 Å². The van der Waals surface area contributed by atoms with Crippen molar-refractivity contribution in [3.63, 3.8) is 0 Å². The number of benzene rings is 1. The minimum atomic E-state index is 0.0147. The summed E-state index contributed by atoms with van der Waals surface area (Å²) in [5.41, 5.74) is 2.17. The molecule has 2 nitrogen and oxygen atoms in total. The van der Waals surface area contributed by atoms with Gasteiger partial charge in [0.2, 0.25) is 0 Å². The molecule has 0 bridgehead atoms. The molecule has 0 saturated carbocycles. The van der Waals surface area contributed by atoms with Crippen molar-refractivity contribution in [1.82, 2.24) is 5.32 Å². The molecule has 1 aromatic carbocycles. The Morgan fingerprint density at radius 2 is 2.00 bits per heavy atom. The first-order chi connectivity index (χ1) is 9.97. The maximum Gasteiger partial charge on any atom is 0.138 e. The van der Waals surface area contributed by atoms with E-state index in [-0.39, 0.29) is 6.04 Å². The molecule has 21 heavy (non-hydrogen) atoms. The fourth-order valence-electron chi connectivity index (χ4n) is 2.12. The van der Waals surface area contributed by atoms with E-state index >= 15 is 0 Å². The Morgan fingerprint density at radius 3 is 2.52 bits per heavy atom. The van der Waals surface area contributed by atoms with Gasteiger partial charge < -0.3 is 10.1 Å². The van der Waals surface area contributed by atoms with Gasteiger partial charge in [0.15, 0.2) is 0 Å². The van der Waals surface area contributed by atoms with Gasteiger partial charge in [0.25, 0.3) is 0 Å². The number of nitrogens with one attached hydrogen (secondary N) is 1. The predicted octanol–water partition coefficient (Wildman–Crippen LogP) is 5.83. The lowest BCUT2D eigenvalue weighted by atomic mass is 10.0. The molecule has 0 aliphatic carbocycles. The Balaban J connectivity index is 2.50. The SMILES string of the molecule is CCNC(c1cc(C)c(Br)s1)c1cc(Cl)c(OC)cc1Cl. The molecule has 1 aromatic heterocycles. The predicted molar refractivity (Wildman–Crippen MR) is 95.3 cm³/mol. The standard InChI is InChI=1S/C15H16BrCl2NOS/c1-4-19-14(13-5-8(2)15(16)21-13)9-6-11(18)12(20-3)7-10(9)17/h5-7,14,19H,4H2,1-3H3. The molecule has 1 heterocycles. The largest absolute Gasteiger partial charge is 0.495 e. The van der Waals surface area contributed by atoms with Crippen LogP contribution in [0, 0.1) is 6.92 Å². The molecule has 2 aromatic rings. The number of halogens is 3. The van der Waals surface area contributed by atoms with E-state index in [0.717, 1.165) is 15.9 Å². The lowest BCUT2D eigenvalue weighted by Crippen LogP contribution is -2.21. The van der Waals surface area contributed by atoms with Crippen LogP contribution in [0.25, 0.3) is 0 Å². The first kappa shape index (κ1) is 17.1. The van der Waals surface area contributed by atoms with E-state index in [9.17, 15) is 0 Å². The van der Waals surface area contributed by atoms with Gasteiger partial charge in [0.05, 0.1) is 22.0 Å². The minimum absolute atomic E-state index is 0.0147. The molecule has 0 fully saturated rings. The van der Waals surface area contributed by atoms with Crippen LogP contribution >= 0.6 is 50.5 Å². The van der Waals surface area contributed by atoms with E-state index < -0.39 is 0 Å². The zero-order valence-electron chi connectivity index (χ0n) is 12.0. The van der Waals surface area contributed by atoms with Gasteiger partial charge in [0.1, 0.15) is 5.75 Å². The molecule has 6 heteroatoms. The maximum atomic E-state index is 6.42. The van der Waals surface area contributed by atoms with Crippen LogP contribution < -0.4 is 10.1 Å². The van der Waals surface area contributed by atoms with Gasteiger partial charge in [-0.05, 0) is 52.7 Å². The zero-order chi connectivity index (χ0) is 15.6. The highest BCUT2D eigenvalue weighted by molar-refractivity contribution is 9.11. The first-order valence-corrected chi connectivity index (χ1v) is 8.86. The summed E-state index contributed by atoms with van der Waals surface area (Å²) in [5, 5.41) is 4.67. The summed E-state index contributed by atoms with van der Waals surface area (Å²) in [5.74, 6) is 0.587. The molecule has 0 saturated heterocycles. The highest BCUT2D eigenvalue weighted by Gasteiger charge is 2.21. The lowest BCUT2D eigenvalue weighted by Gasteiger charge is -2.19. The second-order valence-corrected chi connectivity index (χ2v) is 7.82. The van der Waals surface area contributed by atoms with Crippen molar-refractivity contribution in [2.24, 2.45) is 0 Å². The number of thiophene rings is 1. The molecule has 0 aliphatic rings. The van der Waals surface area contributed by atoms with Crippen molar-refractivity contribution in [1.29, 1.82) is 0 Å². The summed E-state index contributed by atoms with van der Waals surface area (Å²) < 4.78 is 6.34. The molecule has 1 unspecified atom stereocenters. The summed E-state index contributed by atoms with van der Waals surface area (Å²) in [4.78, 5) is 1.20. The number of hydrogen-bond acceptors (Lipinski definition) is 3. The molecule has 114 valence electrons.